The third-order valence-electron chi connectivity index (χ3n) is 6.14. The Morgan fingerprint density at radius 3 is 2.53 bits per heavy atom. The van der Waals surface area contributed by atoms with E-state index >= 15 is 0 Å². The fourth-order valence-corrected chi connectivity index (χ4v) is 5.19. The Kier molecular flexibility index (Phi) is 5.27. The summed E-state index contributed by atoms with van der Waals surface area (Å²) in [5.41, 5.74) is 5.26. The Hall–Kier alpha value is -4.04. The summed E-state index contributed by atoms with van der Waals surface area (Å²) < 4.78 is 2.04. The van der Waals surface area contributed by atoms with Gasteiger partial charge in [-0.1, -0.05) is 24.3 Å². The molecule has 5 aromatic rings. The van der Waals surface area contributed by atoms with Gasteiger partial charge in [-0.15, -0.1) is 11.3 Å². The van der Waals surface area contributed by atoms with Crippen molar-refractivity contribution in [2.45, 2.75) is 0 Å². The van der Waals surface area contributed by atoms with Gasteiger partial charge in [-0.2, -0.15) is 0 Å². The summed E-state index contributed by atoms with van der Waals surface area (Å²) in [6, 6.07) is 18.3. The third-order valence-corrected chi connectivity index (χ3v) is 7.01. The number of nitrogens with zero attached hydrogens (tertiary/aromatic N) is 6. The highest BCUT2D eigenvalue weighted by atomic mass is 32.1. The van der Waals surface area contributed by atoms with Crippen LogP contribution < -0.4 is 4.90 Å². The lowest BCUT2D eigenvalue weighted by Gasteiger charge is -2.36. The molecule has 1 fully saturated rings. The zero-order valence-electron chi connectivity index (χ0n) is 18.4. The van der Waals surface area contributed by atoms with Crippen LogP contribution in [0.3, 0.4) is 0 Å². The topological polar surface area (TPSA) is 66.6 Å². The predicted molar refractivity (Wildman–Crippen MR) is 134 cm³/mol. The molecule has 1 aliphatic rings. The Bertz CT molecular complexity index is 1440. The average Bonchev–Trinajstić information content (AvgIpc) is 3.55. The minimum Gasteiger partial charge on any atom is -0.368 e. The second-order valence-electron chi connectivity index (χ2n) is 8.14. The number of carbonyl (C=O) groups is 1. The molecule has 0 radical (unpaired) electrons. The standard InChI is InChI=1S/C26H22N6OS/c33-26(31-14-12-30(13-15-31)19-6-2-1-3-7-19)20-16-24(32-11-5-4-8-23(20)32)22-18-34-25(29-22)21-17-27-9-10-28-21/h1-11,16-18H,12-15H2. The van der Waals surface area contributed by atoms with Crippen molar-refractivity contribution in [3.8, 4) is 22.1 Å². The Balaban J connectivity index is 1.29. The molecule has 168 valence electrons. The van der Waals surface area contributed by atoms with Crippen molar-refractivity contribution < 1.29 is 4.79 Å². The van der Waals surface area contributed by atoms with Crippen molar-refractivity contribution in [3.63, 3.8) is 0 Å². The molecule has 0 unspecified atom stereocenters. The molecule has 0 bridgehead atoms. The summed E-state index contributed by atoms with van der Waals surface area (Å²) in [6.07, 6.45) is 7.01. The zero-order valence-corrected chi connectivity index (χ0v) is 19.2. The van der Waals surface area contributed by atoms with Crippen LogP contribution in [0.2, 0.25) is 0 Å². The quantitative estimate of drug-likeness (QED) is 0.391. The second-order valence-corrected chi connectivity index (χ2v) is 9.00. The molecule has 0 atom stereocenters. The van der Waals surface area contributed by atoms with E-state index in [9.17, 15) is 4.79 Å². The minimum atomic E-state index is 0.0621. The van der Waals surface area contributed by atoms with Crippen LogP contribution in [0.15, 0.2) is 84.8 Å². The highest BCUT2D eigenvalue weighted by Gasteiger charge is 2.26. The maximum absolute atomic E-state index is 13.6. The second kappa shape index (κ2) is 8.72. The number of pyridine rings is 1. The number of para-hydroxylation sites is 1. The van der Waals surface area contributed by atoms with Crippen LogP contribution >= 0.6 is 11.3 Å². The zero-order chi connectivity index (χ0) is 22.9. The van der Waals surface area contributed by atoms with Crippen LogP contribution in [0.5, 0.6) is 0 Å². The summed E-state index contributed by atoms with van der Waals surface area (Å²) in [6.45, 7) is 3.03. The number of thiazole rings is 1. The van der Waals surface area contributed by atoms with Gasteiger partial charge < -0.3 is 14.2 Å². The molecule has 0 aliphatic carbocycles. The molecule has 1 aromatic carbocycles. The first-order valence-electron chi connectivity index (χ1n) is 11.2. The summed E-state index contributed by atoms with van der Waals surface area (Å²) >= 11 is 1.52. The van der Waals surface area contributed by atoms with Gasteiger partial charge in [0.2, 0.25) is 0 Å². The van der Waals surface area contributed by atoms with Gasteiger partial charge >= 0.3 is 0 Å². The van der Waals surface area contributed by atoms with Gasteiger partial charge in [0.25, 0.3) is 5.91 Å². The first-order chi connectivity index (χ1) is 16.8. The Morgan fingerprint density at radius 1 is 0.912 bits per heavy atom. The molecule has 34 heavy (non-hydrogen) atoms. The van der Waals surface area contributed by atoms with Gasteiger partial charge in [-0.25, -0.2) is 4.98 Å². The lowest BCUT2D eigenvalue weighted by molar-refractivity contribution is 0.0749. The number of carbonyl (C=O) groups excluding carboxylic acids is 1. The number of rotatable bonds is 4. The number of hydrogen-bond acceptors (Lipinski definition) is 6. The monoisotopic (exact) mass is 466 g/mol. The first-order valence-corrected chi connectivity index (χ1v) is 12.1. The van der Waals surface area contributed by atoms with Gasteiger partial charge in [-0.05, 0) is 30.3 Å². The van der Waals surface area contributed by atoms with Gasteiger partial charge in [0.1, 0.15) is 10.7 Å². The lowest BCUT2D eigenvalue weighted by Crippen LogP contribution is -2.48. The lowest BCUT2D eigenvalue weighted by atomic mass is 10.2. The van der Waals surface area contributed by atoms with Crippen LogP contribution in [0, 0.1) is 0 Å². The summed E-state index contributed by atoms with van der Waals surface area (Å²) in [5, 5.41) is 2.81. The van der Waals surface area contributed by atoms with Gasteiger partial charge in [0, 0.05) is 55.8 Å². The smallest absolute Gasteiger partial charge is 0.256 e. The van der Waals surface area contributed by atoms with E-state index in [0.29, 0.717) is 18.7 Å². The number of anilines is 1. The van der Waals surface area contributed by atoms with E-state index in [1.165, 1.54) is 17.0 Å². The van der Waals surface area contributed by atoms with Crippen molar-refractivity contribution >= 4 is 28.4 Å². The van der Waals surface area contributed by atoms with E-state index in [1.807, 2.05) is 51.2 Å². The van der Waals surface area contributed by atoms with Gasteiger partial charge in [0.05, 0.1) is 28.7 Å². The largest absolute Gasteiger partial charge is 0.368 e. The number of aromatic nitrogens is 4. The fourth-order valence-electron chi connectivity index (χ4n) is 4.42. The van der Waals surface area contributed by atoms with E-state index in [1.54, 1.807) is 18.6 Å². The van der Waals surface area contributed by atoms with Crippen LogP contribution in [-0.2, 0) is 0 Å². The highest BCUT2D eigenvalue weighted by Crippen LogP contribution is 2.31. The van der Waals surface area contributed by atoms with Crippen molar-refractivity contribution in [1.29, 1.82) is 0 Å². The van der Waals surface area contributed by atoms with Crippen LogP contribution in [0.4, 0.5) is 5.69 Å². The van der Waals surface area contributed by atoms with Crippen molar-refractivity contribution in [2.75, 3.05) is 31.1 Å². The molecule has 4 aromatic heterocycles. The normalized spacial score (nSPS) is 14.0. The molecule has 0 spiro atoms. The minimum absolute atomic E-state index is 0.0621. The van der Waals surface area contributed by atoms with Gasteiger partial charge in [-0.3, -0.25) is 14.8 Å². The van der Waals surface area contributed by atoms with Crippen LogP contribution in [-0.4, -0.2) is 56.3 Å². The molecule has 1 saturated heterocycles. The molecule has 0 saturated carbocycles. The molecule has 5 heterocycles. The number of amides is 1. The van der Waals surface area contributed by atoms with Crippen molar-refractivity contribution in [1.82, 2.24) is 24.3 Å². The molecule has 1 amide bonds. The van der Waals surface area contributed by atoms with Crippen LogP contribution in [0.25, 0.3) is 27.6 Å². The molecule has 7 nitrogen and oxygen atoms in total. The highest BCUT2D eigenvalue weighted by molar-refractivity contribution is 7.13. The Morgan fingerprint density at radius 2 is 1.74 bits per heavy atom. The van der Waals surface area contributed by atoms with E-state index in [4.69, 9.17) is 4.98 Å². The average molecular weight is 467 g/mol. The first kappa shape index (κ1) is 20.6. The predicted octanol–water partition coefficient (Wildman–Crippen LogP) is 4.48. The molecule has 0 N–H and O–H groups in total. The molecule has 1 aliphatic heterocycles. The van der Waals surface area contributed by atoms with Gasteiger partial charge in [0.15, 0.2) is 0 Å². The molecule has 8 heteroatoms. The maximum atomic E-state index is 13.6. The van der Waals surface area contributed by atoms with E-state index in [-0.39, 0.29) is 5.91 Å². The Labute approximate surface area is 201 Å². The van der Waals surface area contributed by atoms with E-state index < -0.39 is 0 Å². The SMILES string of the molecule is O=C(c1cc(-c2csc(-c3cnccn3)n2)n2ccccc12)N1CCN(c2ccccc2)CC1. The summed E-state index contributed by atoms with van der Waals surface area (Å²) in [5.74, 6) is 0.0621. The van der Waals surface area contributed by atoms with E-state index in [0.717, 1.165) is 40.7 Å². The van der Waals surface area contributed by atoms with E-state index in [2.05, 4.69) is 39.1 Å². The molecular weight excluding hydrogens is 444 g/mol. The number of fused-ring (bicyclic) bond motifs is 1. The number of piperazine rings is 1. The summed E-state index contributed by atoms with van der Waals surface area (Å²) in [4.78, 5) is 31.2. The van der Waals surface area contributed by atoms with Crippen molar-refractivity contribution in [2.24, 2.45) is 0 Å². The van der Waals surface area contributed by atoms with Crippen molar-refractivity contribution in [3.05, 3.63) is 90.3 Å². The van der Waals surface area contributed by atoms with Crippen LogP contribution in [0.1, 0.15) is 10.4 Å². The number of hydrogen-bond donors (Lipinski definition) is 0. The molecule has 6 rings (SSSR count). The fraction of sp³-hybridized carbons (Fsp3) is 0.154. The third kappa shape index (κ3) is 3.72. The number of benzene rings is 1. The summed E-state index contributed by atoms with van der Waals surface area (Å²) in [7, 11) is 0. The maximum Gasteiger partial charge on any atom is 0.256 e. The molecular formula is C26H22N6OS.